The summed E-state index contributed by atoms with van der Waals surface area (Å²) < 4.78 is 0. The molecule has 1 aliphatic rings. The lowest BCUT2D eigenvalue weighted by Gasteiger charge is -2.18. The summed E-state index contributed by atoms with van der Waals surface area (Å²) in [5.74, 6) is 0.00140. The number of carbonyl (C=O) groups excluding carboxylic acids is 1. The monoisotopic (exact) mass is 308 g/mol. The molecule has 5 heteroatoms. The molecule has 0 saturated carbocycles. The minimum atomic E-state index is 0.00140. The quantitative estimate of drug-likeness (QED) is 0.872. The number of nitrogens with zero attached hydrogens (tertiary/aromatic N) is 4. The highest BCUT2D eigenvalue weighted by Crippen LogP contribution is 2.20. The molecule has 118 valence electrons. The van der Waals surface area contributed by atoms with Crippen LogP contribution in [0.1, 0.15) is 29.3 Å². The van der Waals surface area contributed by atoms with Gasteiger partial charge in [0, 0.05) is 50.2 Å². The Balaban J connectivity index is 1.68. The summed E-state index contributed by atoms with van der Waals surface area (Å²) in [6.07, 6.45) is 4.50. The van der Waals surface area contributed by atoms with Crippen molar-refractivity contribution in [2.75, 3.05) is 18.6 Å². The van der Waals surface area contributed by atoms with Crippen LogP contribution in [0.25, 0.3) is 0 Å². The third-order valence-corrected chi connectivity index (χ3v) is 3.88. The Morgan fingerprint density at radius 2 is 2.04 bits per heavy atom. The molecular weight excluding hydrogens is 288 g/mol. The first-order valence-electron chi connectivity index (χ1n) is 7.69. The summed E-state index contributed by atoms with van der Waals surface area (Å²) in [5, 5.41) is 6.45. The molecule has 0 bridgehead atoms. The number of anilines is 1. The van der Waals surface area contributed by atoms with Gasteiger partial charge in [-0.2, -0.15) is 5.10 Å². The van der Waals surface area contributed by atoms with E-state index in [4.69, 9.17) is 0 Å². The first-order valence-corrected chi connectivity index (χ1v) is 7.69. The standard InChI is InChI=1S/C18H20N4O/c1-14-9-11-22(20-14)17-7-5-16(6-8-17)18(23)21(2)13-15-4-3-10-19-12-15/h3-8,10,12H,9,11,13H2,1-2H3. The molecule has 0 spiro atoms. The highest BCUT2D eigenvalue weighted by atomic mass is 16.2. The topological polar surface area (TPSA) is 48.8 Å². The van der Waals surface area contributed by atoms with Crippen LogP contribution in [0, 0.1) is 0 Å². The number of amides is 1. The van der Waals surface area contributed by atoms with E-state index in [1.165, 1.54) is 0 Å². The number of benzene rings is 1. The van der Waals surface area contributed by atoms with Crippen molar-refractivity contribution < 1.29 is 4.79 Å². The predicted molar refractivity (Wildman–Crippen MR) is 91.5 cm³/mol. The van der Waals surface area contributed by atoms with Crippen LogP contribution in [0.2, 0.25) is 0 Å². The van der Waals surface area contributed by atoms with Gasteiger partial charge in [0.05, 0.1) is 5.69 Å². The molecule has 2 aromatic rings. The van der Waals surface area contributed by atoms with Crippen LogP contribution in [-0.4, -0.2) is 35.1 Å². The largest absolute Gasteiger partial charge is 0.337 e. The van der Waals surface area contributed by atoms with Crippen molar-refractivity contribution in [1.82, 2.24) is 9.88 Å². The van der Waals surface area contributed by atoms with E-state index in [-0.39, 0.29) is 5.91 Å². The average molecular weight is 308 g/mol. The second-order valence-electron chi connectivity index (χ2n) is 5.78. The molecule has 0 radical (unpaired) electrons. The number of carbonyl (C=O) groups is 1. The number of aromatic nitrogens is 1. The fraction of sp³-hybridized carbons (Fsp3) is 0.278. The zero-order chi connectivity index (χ0) is 16.2. The predicted octanol–water partition coefficient (Wildman–Crippen LogP) is 2.94. The second kappa shape index (κ2) is 6.60. The Morgan fingerprint density at radius 1 is 1.26 bits per heavy atom. The first kappa shape index (κ1) is 15.2. The fourth-order valence-corrected chi connectivity index (χ4v) is 2.59. The Bertz CT molecular complexity index is 710. The molecule has 0 saturated heterocycles. The first-order chi connectivity index (χ1) is 11.1. The number of hydrogen-bond acceptors (Lipinski definition) is 4. The molecule has 1 aromatic heterocycles. The summed E-state index contributed by atoms with van der Waals surface area (Å²) >= 11 is 0. The van der Waals surface area contributed by atoms with Gasteiger partial charge in [-0.1, -0.05) is 6.07 Å². The zero-order valence-electron chi connectivity index (χ0n) is 13.4. The summed E-state index contributed by atoms with van der Waals surface area (Å²) in [7, 11) is 1.80. The normalized spacial score (nSPS) is 13.8. The van der Waals surface area contributed by atoms with Gasteiger partial charge in [0.15, 0.2) is 0 Å². The number of pyridine rings is 1. The van der Waals surface area contributed by atoms with Crippen molar-refractivity contribution in [2.24, 2.45) is 5.10 Å². The van der Waals surface area contributed by atoms with E-state index in [1.807, 2.05) is 48.3 Å². The van der Waals surface area contributed by atoms with Gasteiger partial charge in [0.1, 0.15) is 0 Å². The van der Waals surface area contributed by atoms with Gasteiger partial charge in [-0.25, -0.2) is 0 Å². The van der Waals surface area contributed by atoms with Crippen molar-refractivity contribution >= 4 is 17.3 Å². The smallest absolute Gasteiger partial charge is 0.253 e. The van der Waals surface area contributed by atoms with Crippen molar-refractivity contribution in [3.05, 3.63) is 59.9 Å². The second-order valence-corrected chi connectivity index (χ2v) is 5.78. The van der Waals surface area contributed by atoms with Gasteiger partial charge in [0.25, 0.3) is 5.91 Å². The Morgan fingerprint density at radius 3 is 2.65 bits per heavy atom. The number of rotatable bonds is 4. The van der Waals surface area contributed by atoms with E-state index in [0.717, 1.165) is 29.9 Å². The minimum absolute atomic E-state index is 0.00140. The van der Waals surface area contributed by atoms with E-state index >= 15 is 0 Å². The van der Waals surface area contributed by atoms with Crippen molar-refractivity contribution in [3.8, 4) is 0 Å². The maximum Gasteiger partial charge on any atom is 0.253 e. The average Bonchev–Trinajstić information content (AvgIpc) is 3.02. The molecule has 1 amide bonds. The van der Waals surface area contributed by atoms with E-state index in [0.29, 0.717) is 12.1 Å². The minimum Gasteiger partial charge on any atom is -0.337 e. The molecule has 0 atom stereocenters. The third-order valence-electron chi connectivity index (χ3n) is 3.88. The molecule has 1 aromatic carbocycles. The summed E-state index contributed by atoms with van der Waals surface area (Å²) in [4.78, 5) is 18.3. The van der Waals surface area contributed by atoms with Crippen LogP contribution < -0.4 is 5.01 Å². The zero-order valence-corrected chi connectivity index (χ0v) is 13.4. The Kier molecular flexibility index (Phi) is 4.37. The van der Waals surface area contributed by atoms with Gasteiger partial charge >= 0.3 is 0 Å². The van der Waals surface area contributed by atoms with Crippen LogP contribution >= 0.6 is 0 Å². The fourth-order valence-electron chi connectivity index (χ4n) is 2.59. The SMILES string of the molecule is CC1=NN(c2ccc(C(=O)N(C)Cc3cccnc3)cc2)CC1. The van der Waals surface area contributed by atoms with Gasteiger partial charge in [-0.3, -0.25) is 14.8 Å². The van der Waals surface area contributed by atoms with E-state index in [2.05, 4.69) is 10.1 Å². The molecule has 0 aliphatic carbocycles. The lowest BCUT2D eigenvalue weighted by atomic mass is 10.1. The van der Waals surface area contributed by atoms with Gasteiger partial charge < -0.3 is 4.90 Å². The van der Waals surface area contributed by atoms with Crippen molar-refractivity contribution in [2.45, 2.75) is 19.9 Å². The van der Waals surface area contributed by atoms with E-state index < -0.39 is 0 Å². The lowest BCUT2D eigenvalue weighted by Crippen LogP contribution is -2.26. The summed E-state index contributed by atoms with van der Waals surface area (Å²) in [6.45, 7) is 3.48. The number of hydrogen-bond donors (Lipinski definition) is 0. The van der Waals surface area contributed by atoms with Crippen molar-refractivity contribution in [3.63, 3.8) is 0 Å². The molecule has 0 unspecified atom stereocenters. The van der Waals surface area contributed by atoms with E-state index in [9.17, 15) is 4.79 Å². The molecule has 0 fully saturated rings. The molecule has 3 rings (SSSR count). The molecule has 2 heterocycles. The summed E-state index contributed by atoms with van der Waals surface area (Å²) in [5.41, 5.74) is 3.86. The van der Waals surface area contributed by atoms with Gasteiger partial charge in [-0.05, 0) is 42.8 Å². The molecule has 5 nitrogen and oxygen atoms in total. The van der Waals surface area contributed by atoms with Crippen LogP contribution in [0.15, 0.2) is 53.9 Å². The van der Waals surface area contributed by atoms with Crippen LogP contribution in [0.5, 0.6) is 0 Å². The molecular formula is C18H20N4O. The highest BCUT2D eigenvalue weighted by molar-refractivity contribution is 5.94. The third kappa shape index (κ3) is 3.56. The van der Waals surface area contributed by atoms with Crippen molar-refractivity contribution in [1.29, 1.82) is 0 Å². The van der Waals surface area contributed by atoms with Gasteiger partial charge in [-0.15, -0.1) is 0 Å². The summed E-state index contributed by atoms with van der Waals surface area (Å²) in [6, 6.07) is 11.5. The van der Waals surface area contributed by atoms with Gasteiger partial charge in [0.2, 0.25) is 0 Å². The number of hydrazone groups is 1. The Labute approximate surface area is 136 Å². The highest BCUT2D eigenvalue weighted by Gasteiger charge is 2.15. The maximum atomic E-state index is 12.5. The lowest BCUT2D eigenvalue weighted by molar-refractivity contribution is 0.0785. The maximum absolute atomic E-state index is 12.5. The van der Waals surface area contributed by atoms with Crippen LogP contribution in [-0.2, 0) is 6.54 Å². The van der Waals surface area contributed by atoms with Crippen LogP contribution in [0.3, 0.4) is 0 Å². The Hall–Kier alpha value is -2.69. The molecule has 1 aliphatic heterocycles. The molecule has 0 N–H and O–H groups in total. The molecule has 23 heavy (non-hydrogen) atoms. The van der Waals surface area contributed by atoms with Crippen LogP contribution in [0.4, 0.5) is 5.69 Å². The van der Waals surface area contributed by atoms with E-state index in [1.54, 1.807) is 24.3 Å².